The predicted octanol–water partition coefficient (Wildman–Crippen LogP) is 1.78. The van der Waals surface area contributed by atoms with E-state index in [-0.39, 0.29) is 29.5 Å². The second kappa shape index (κ2) is 5.50. The number of rotatable bonds is 3. The van der Waals surface area contributed by atoms with Crippen LogP contribution in [0.5, 0.6) is 5.75 Å². The second-order valence-electron chi connectivity index (χ2n) is 5.48. The van der Waals surface area contributed by atoms with Crippen molar-refractivity contribution in [2.45, 2.75) is 24.9 Å². The number of halogens is 1. The molecule has 5 heteroatoms. The first kappa shape index (κ1) is 13.5. The first-order chi connectivity index (χ1) is 9.67. The van der Waals surface area contributed by atoms with Gasteiger partial charge in [-0.3, -0.25) is 4.79 Å². The maximum atomic E-state index is 13.7. The molecule has 2 fully saturated rings. The second-order valence-corrected chi connectivity index (χ2v) is 5.48. The molecule has 2 heterocycles. The maximum Gasteiger partial charge on any atom is 0.166 e. The van der Waals surface area contributed by atoms with Gasteiger partial charge in [0, 0.05) is 23.6 Å². The van der Waals surface area contributed by atoms with E-state index in [1.54, 1.807) is 6.07 Å². The van der Waals surface area contributed by atoms with Gasteiger partial charge in [-0.1, -0.05) is 0 Å². The van der Waals surface area contributed by atoms with Crippen LogP contribution < -0.4 is 10.1 Å². The molecule has 0 amide bonds. The topological polar surface area (TPSA) is 47.6 Å². The number of carbonyl (C=O) groups excluding carboxylic acids is 1. The van der Waals surface area contributed by atoms with Crippen molar-refractivity contribution in [3.05, 3.63) is 29.6 Å². The van der Waals surface area contributed by atoms with Crippen LogP contribution in [0.15, 0.2) is 18.2 Å². The van der Waals surface area contributed by atoms with Crippen LogP contribution in [-0.4, -0.2) is 38.2 Å². The van der Waals surface area contributed by atoms with Crippen LogP contribution in [0.1, 0.15) is 23.2 Å². The van der Waals surface area contributed by atoms with Crippen LogP contribution >= 0.6 is 0 Å². The molecule has 2 aliphatic rings. The number of fused-ring (bicyclic) bond motifs is 2. The quantitative estimate of drug-likeness (QED) is 0.857. The molecule has 20 heavy (non-hydrogen) atoms. The Labute approximate surface area is 117 Å². The number of nitrogens with one attached hydrogen (secondary N) is 1. The van der Waals surface area contributed by atoms with E-state index in [1.165, 1.54) is 19.2 Å². The van der Waals surface area contributed by atoms with Crippen LogP contribution in [0.2, 0.25) is 0 Å². The Morgan fingerprint density at radius 1 is 1.35 bits per heavy atom. The molecule has 0 spiro atoms. The van der Waals surface area contributed by atoms with E-state index in [0.717, 1.165) is 12.8 Å². The van der Waals surface area contributed by atoms with Gasteiger partial charge < -0.3 is 14.8 Å². The summed E-state index contributed by atoms with van der Waals surface area (Å²) in [5, 5.41) is 3.45. The highest BCUT2D eigenvalue weighted by Gasteiger charge is 2.35. The third-order valence-corrected chi connectivity index (χ3v) is 4.05. The van der Waals surface area contributed by atoms with Crippen LogP contribution in [0, 0.1) is 11.7 Å². The summed E-state index contributed by atoms with van der Waals surface area (Å²) >= 11 is 0. The van der Waals surface area contributed by atoms with E-state index in [9.17, 15) is 9.18 Å². The molecule has 0 aromatic heterocycles. The lowest BCUT2D eigenvalue weighted by molar-refractivity contribution is 0.00952. The summed E-state index contributed by atoms with van der Waals surface area (Å²) < 4.78 is 24.0. The number of Topliss-reactive ketones (excluding diaryl/α,β-unsaturated/α-hetero) is 1. The van der Waals surface area contributed by atoms with Gasteiger partial charge in [0.2, 0.25) is 0 Å². The lowest BCUT2D eigenvalue weighted by Gasteiger charge is -2.39. The normalized spacial score (nSPS) is 29.0. The number of carbonyl (C=O) groups is 1. The van der Waals surface area contributed by atoms with Gasteiger partial charge >= 0.3 is 0 Å². The molecule has 2 unspecified atom stereocenters. The Bertz CT molecular complexity index is 508. The van der Waals surface area contributed by atoms with Crippen molar-refractivity contribution in [3.8, 4) is 5.75 Å². The lowest BCUT2D eigenvalue weighted by atomic mass is 9.82. The summed E-state index contributed by atoms with van der Waals surface area (Å²) in [6, 6.07) is 4.89. The molecule has 2 aliphatic heterocycles. The van der Waals surface area contributed by atoms with E-state index in [2.05, 4.69) is 5.32 Å². The van der Waals surface area contributed by atoms with Crippen molar-refractivity contribution >= 4 is 5.78 Å². The molecule has 0 aliphatic carbocycles. The SMILES string of the molecule is COc1ccc(C(=O)C2CC3COCC(C2)N3)cc1F. The molecule has 108 valence electrons. The van der Waals surface area contributed by atoms with Crippen molar-refractivity contribution in [2.24, 2.45) is 5.92 Å². The summed E-state index contributed by atoms with van der Waals surface area (Å²) in [6.45, 7) is 1.30. The van der Waals surface area contributed by atoms with Gasteiger partial charge in [0.1, 0.15) is 0 Å². The number of benzene rings is 1. The Morgan fingerprint density at radius 3 is 2.65 bits per heavy atom. The van der Waals surface area contributed by atoms with Crippen molar-refractivity contribution in [2.75, 3.05) is 20.3 Å². The van der Waals surface area contributed by atoms with Gasteiger partial charge in [-0.2, -0.15) is 0 Å². The number of hydrogen-bond acceptors (Lipinski definition) is 4. The molecular weight excluding hydrogens is 261 g/mol. The van der Waals surface area contributed by atoms with Gasteiger partial charge in [-0.15, -0.1) is 0 Å². The largest absolute Gasteiger partial charge is 0.494 e. The molecule has 4 nitrogen and oxygen atoms in total. The molecule has 3 rings (SSSR count). The summed E-state index contributed by atoms with van der Waals surface area (Å²) in [4.78, 5) is 12.5. The third-order valence-electron chi connectivity index (χ3n) is 4.05. The molecule has 0 saturated carbocycles. The standard InChI is InChI=1S/C15H18FNO3/c1-19-14-3-2-9(6-13(14)16)15(18)10-4-11-7-20-8-12(5-10)17-11/h2-3,6,10-12,17H,4-5,7-8H2,1H3. The molecule has 1 N–H and O–H groups in total. The van der Waals surface area contributed by atoms with E-state index in [1.807, 2.05) is 0 Å². The Balaban J connectivity index is 1.77. The summed E-state index contributed by atoms with van der Waals surface area (Å²) in [5.41, 5.74) is 0.425. The minimum atomic E-state index is -0.490. The highest BCUT2D eigenvalue weighted by Crippen LogP contribution is 2.28. The Morgan fingerprint density at radius 2 is 2.05 bits per heavy atom. The van der Waals surface area contributed by atoms with Crippen molar-refractivity contribution in [1.29, 1.82) is 0 Å². The van der Waals surface area contributed by atoms with Crippen LogP contribution in [0.25, 0.3) is 0 Å². The monoisotopic (exact) mass is 279 g/mol. The number of piperidine rings is 1. The van der Waals surface area contributed by atoms with E-state index in [0.29, 0.717) is 18.8 Å². The number of hydrogen-bond donors (Lipinski definition) is 1. The van der Waals surface area contributed by atoms with E-state index >= 15 is 0 Å². The highest BCUT2D eigenvalue weighted by atomic mass is 19.1. The third kappa shape index (κ3) is 2.55. The van der Waals surface area contributed by atoms with E-state index < -0.39 is 5.82 Å². The predicted molar refractivity (Wildman–Crippen MR) is 71.5 cm³/mol. The first-order valence-corrected chi connectivity index (χ1v) is 6.89. The summed E-state index contributed by atoms with van der Waals surface area (Å²) in [5.74, 6) is -0.360. The van der Waals surface area contributed by atoms with Crippen LogP contribution in [-0.2, 0) is 4.74 Å². The molecular formula is C15H18FNO3. The zero-order valence-electron chi connectivity index (χ0n) is 11.4. The van der Waals surface area contributed by atoms with Crippen molar-refractivity contribution < 1.29 is 18.7 Å². The van der Waals surface area contributed by atoms with Gasteiger partial charge in [0.05, 0.1) is 20.3 Å². The zero-order chi connectivity index (χ0) is 14.1. The lowest BCUT2D eigenvalue weighted by Crippen LogP contribution is -2.55. The molecule has 2 bridgehead atoms. The van der Waals surface area contributed by atoms with Gasteiger partial charge in [0.15, 0.2) is 17.3 Å². The molecule has 2 atom stereocenters. The van der Waals surface area contributed by atoms with Crippen molar-refractivity contribution in [3.63, 3.8) is 0 Å². The number of methoxy groups -OCH3 is 1. The van der Waals surface area contributed by atoms with Crippen LogP contribution in [0.4, 0.5) is 4.39 Å². The average molecular weight is 279 g/mol. The number of morpholine rings is 1. The Kier molecular flexibility index (Phi) is 3.72. The van der Waals surface area contributed by atoms with E-state index in [4.69, 9.17) is 9.47 Å². The minimum absolute atomic E-state index is 0.0185. The number of ketones is 1. The molecule has 2 saturated heterocycles. The van der Waals surface area contributed by atoms with Crippen LogP contribution in [0.3, 0.4) is 0 Å². The fourth-order valence-corrected chi connectivity index (χ4v) is 3.11. The Hall–Kier alpha value is -1.46. The van der Waals surface area contributed by atoms with Gasteiger partial charge in [-0.05, 0) is 31.0 Å². The van der Waals surface area contributed by atoms with Gasteiger partial charge in [0.25, 0.3) is 0 Å². The average Bonchev–Trinajstić information content (AvgIpc) is 2.46. The number of ether oxygens (including phenoxy) is 2. The van der Waals surface area contributed by atoms with Crippen molar-refractivity contribution in [1.82, 2.24) is 5.32 Å². The first-order valence-electron chi connectivity index (χ1n) is 6.89. The molecule has 1 aromatic carbocycles. The zero-order valence-corrected chi connectivity index (χ0v) is 11.4. The fourth-order valence-electron chi connectivity index (χ4n) is 3.11. The summed E-state index contributed by atoms with van der Waals surface area (Å²) in [6.07, 6.45) is 1.51. The fraction of sp³-hybridized carbons (Fsp3) is 0.533. The minimum Gasteiger partial charge on any atom is -0.494 e. The summed E-state index contributed by atoms with van der Waals surface area (Å²) in [7, 11) is 1.41. The molecule has 0 radical (unpaired) electrons. The smallest absolute Gasteiger partial charge is 0.166 e. The van der Waals surface area contributed by atoms with Gasteiger partial charge in [-0.25, -0.2) is 4.39 Å². The highest BCUT2D eigenvalue weighted by molar-refractivity contribution is 5.98. The maximum absolute atomic E-state index is 13.7. The molecule has 1 aromatic rings.